The van der Waals surface area contributed by atoms with Crippen LogP contribution >= 0.6 is 11.3 Å². The number of hydrogen-bond acceptors (Lipinski definition) is 6. The molecule has 25 heavy (non-hydrogen) atoms. The average Bonchev–Trinajstić information content (AvgIpc) is 3.15. The fourth-order valence-corrected chi connectivity index (χ4v) is 4.97. The van der Waals surface area contributed by atoms with Gasteiger partial charge < -0.3 is 5.73 Å². The highest BCUT2D eigenvalue weighted by molar-refractivity contribution is 7.10. The van der Waals surface area contributed by atoms with E-state index >= 15 is 0 Å². The van der Waals surface area contributed by atoms with Gasteiger partial charge in [-0.25, -0.2) is 0 Å². The minimum atomic E-state index is -1.51. The molecule has 1 aliphatic heterocycles. The Morgan fingerprint density at radius 2 is 2.12 bits per heavy atom. The van der Waals surface area contributed by atoms with Gasteiger partial charge in [0.25, 0.3) is 0 Å². The Bertz CT molecular complexity index is 830. The molecule has 3 rings (SSSR count). The number of allylic oxidation sites excluding steroid dienone is 2. The van der Waals surface area contributed by atoms with Crippen LogP contribution in [0.3, 0.4) is 0 Å². The van der Waals surface area contributed by atoms with Gasteiger partial charge >= 0.3 is 0 Å². The van der Waals surface area contributed by atoms with E-state index in [1.807, 2.05) is 17.5 Å². The first-order valence-corrected chi connectivity index (χ1v) is 9.19. The summed E-state index contributed by atoms with van der Waals surface area (Å²) in [6.07, 6.45) is 3.08. The van der Waals surface area contributed by atoms with Crippen molar-refractivity contribution in [3.8, 4) is 18.2 Å². The van der Waals surface area contributed by atoms with Gasteiger partial charge in [-0.3, -0.25) is 4.90 Å². The van der Waals surface area contributed by atoms with Crippen molar-refractivity contribution in [3.63, 3.8) is 0 Å². The summed E-state index contributed by atoms with van der Waals surface area (Å²) in [6, 6.07) is 10.4. The van der Waals surface area contributed by atoms with E-state index in [0.29, 0.717) is 5.57 Å². The molecule has 1 aromatic heterocycles. The van der Waals surface area contributed by atoms with Crippen molar-refractivity contribution in [2.75, 3.05) is 19.6 Å². The number of fused-ring (bicyclic) bond motifs is 1. The molecular weight excluding hydrogens is 330 g/mol. The summed E-state index contributed by atoms with van der Waals surface area (Å²) in [6.45, 7) is 4.57. The average molecular weight is 349 g/mol. The number of nitrogens with two attached hydrogens (primary N) is 1. The standard InChI is InChI=1S/C19H19N5S/c1-2-6-24-7-5-13-14(9-20)18(23)19(11-21,12-22)17(15(13)10-24)16-4-3-8-25-16/h3-5,8,15,17H,2,6-7,10,23H2,1H3. The molecule has 0 amide bonds. The smallest absolute Gasteiger partial charge is 0.192 e. The van der Waals surface area contributed by atoms with Gasteiger partial charge in [0.1, 0.15) is 6.07 Å². The lowest BCUT2D eigenvalue weighted by atomic mass is 9.59. The van der Waals surface area contributed by atoms with Gasteiger partial charge in [-0.05, 0) is 30.0 Å². The second kappa shape index (κ2) is 6.73. The fourth-order valence-electron chi connectivity index (χ4n) is 4.01. The van der Waals surface area contributed by atoms with Crippen LogP contribution in [-0.2, 0) is 0 Å². The Balaban J connectivity index is 2.24. The van der Waals surface area contributed by atoms with E-state index in [-0.39, 0.29) is 17.5 Å². The van der Waals surface area contributed by atoms with Crippen LogP contribution in [0.2, 0.25) is 0 Å². The Morgan fingerprint density at radius 3 is 2.68 bits per heavy atom. The number of nitriles is 3. The van der Waals surface area contributed by atoms with Gasteiger partial charge in [0.15, 0.2) is 5.41 Å². The summed E-state index contributed by atoms with van der Waals surface area (Å²) < 4.78 is 0. The van der Waals surface area contributed by atoms with E-state index in [0.717, 1.165) is 36.5 Å². The zero-order valence-corrected chi connectivity index (χ0v) is 14.9. The predicted molar refractivity (Wildman–Crippen MR) is 95.8 cm³/mol. The second-order valence-electron chi connectivity index (χ2n) is 6.45. The SMILES string of the molecule is CCCN1CC=C2C(C#N)=C(N)C(C#N)(C#N)C(c3cccs3)C2C1. The molecule has 1 aromatic rings. The molecular formula is C19H19N5S. The van der Waals surface area contributed by atoms with Crippen molar-refractivity contribution in [3.05, 3.63) is 45.3 Å². The molecule has 1 aliphatic carbocycles. The summed E-state index contributed by atoms with van der Waals surface area (Å²) in [7, 11) is 0. The summed E-state index contributed by atoms with van der Waals surface area (Å²) in [4.78, 5) is 3.28. The Kier molecular flexibility index (Phi) is 4.64. The zero-order valence-electron chi connectivity index (χ0n) is 14.1. The van der Waals surface area contributed by atoms with Gasteiger partial charge in [0, 0.05) is 29.8 Å². The van der Waals surface area contributed by atoms with Crippen LogP contribution in [0, 0.1) is 45.3 Å². The Hall–Kier alpha value is -2.59. The van der Waals surface area contributed by atoms with Crippen LogP contribution in [0.4, 0.5) is 0 Å². The summed E-state index contributed by atoms with van der Waals surface area (Å²) >= 11 is 1.53. The van der Waals surface area contributed by atoms with Gasteiger partial charge in [-0.1, -0.05) is 19.1 Å². The third-order valence-corrected chi connectivity index (χ3v) is 6.08. The van der Waals surface area contributed by atoms with Gasteiger partial charge in [0.2, 0.25) is 0 Å². The van der Waals surface area contributed by atoms with Gasteiger partial charge in [-0.15, -0.1) is 11.3 Å². The number of nitrogens with zero attached hydrogens (tertiary/aromatic N) is 4. The fraction of sp³-hybridized carbons (Fsp3) is 0.421. The molecule has 2 aliphatic rings. The first kappa shape index (κ1) is 17.2. The first-order valence-electron chi connectivity index (χ1n) is 8.31. The Labute approximate surface area is 151 Å². The van der Waals surface area contributed by atoms with Crippen LogP contribution in [0.25, 0.3) is 0 Å². The lowest BCUT2D eigenvalue weighted by molar-refractivity contribution is 0.209. The summed E-state index contributed by atoms with van der Waals surface area (Å²) in [5.74, 6) is -0.439. The van der Waals surface area contributed by atoms with Gasteiger partial charge in [0.05, 0.1) is 23.4 Å². The summed E-state index contributed by atoms with van der Waals surface area (Å²) in [5.41, 5.74) is 6.06. The molecule has 126 valence electrons. The molecule has 0 fully saturated rings. The largest absolute Gasteiger partial charge is 0.399 e. The summed E-state index contributed by atoms with van der Waals surface area (Å²) in [5, 5.41) is 31.5. The van der Waals surface area contributed by atoms with E-state index in [4.69, 9.17) is 5.73 Å². The first-order chi connectivity index (χ1) is 12.1. The lowest BCUT2D eigenvalue weighted by Gasteiger charge is -2.45. The molecule has 0 spiro atoms. The minimum absolute atomic E-state index is 0.0831. The maximum Gasteiger partial charge on any atom is 0.192 e. The van der Waals surface area contributed by atoms with Crippen LogP contribution < -0.4 is 5.73 Å². The number of thiophene rings is 1. The highest BCUT2D eigenvalue weighted by Gasteiger charge is 2.54. The topological polar surface area (TPSA) is 101 Å². The Morgan fingerprint density at radius 1 is 1.36 bits per heavy atom. The van der Waals surface area contributed by atoms with Crippen molar-refractivity contribution in [1.82, 2.24) is 4.90 Å². The zero-order chi connectivity index (χ0) is 18.0. The van der Waals surface area contributed by atoms with Crippen molar-refractivity contribution in [1.29, 1.82) is 15.8 Å². The highest BCUT2D eigenvalue weighted by Crippen LogP contribution is 2.54. The van der Waals surface area contributed by atoms with Crippen LogP contribution in [0.1, 0.15) is 24.1 Å². The van der Waals surface area contributed by atoms with E-state index in [1.165, 1.54) is 11.3 Å². The molecule has 0 aromatic carbocycles. The molecule has 0 saturated carbocycles. The quantitative estimate of drug-likeness (QED) is 0.904. The third kappa shape index (κ3) is 2.53. The monoisotopic (exact) mass is 349 g/mol. The maximum atomic E-state index is 9.93. The van der Waals surface area contributed by atoms with E-state index < -0.39 is 5.41 Å². The van der Waals surface area contributed by atoms with Crippen LogP contribution in [0.15, 0.2) is 40.4 Å². The van der Waals surface area contributed by atoms with E-state index in [1.54, 1.807) is 0 Å². The molecule has 0 bridgehead atoms. The highest BCUT2D eigenvalue weighted by atomic mass is 32.1. The van der Waals surface area contributed by atoms with Crippen molar-refractivity contribution >= 4 is 11.3 Å². The molecule has 2 unspecified atom stereocenters. The minimum Gasteiger partial charge on any atom is -0.399 e. The van der Waals surface area contributed by atoms with Crippen molar-refractivity contribution < 1.29 is 0 Å². The van der Waals surface area contributed by atoms with E-state index in [2.05, 4.69) is 36.1 Å². The molecule has 0 saturated heterocycles. The molecule has 2 N–H and O–H groups in total. The van der Waals surface area contributed by atoms with E-state index in [9.17, 15) is 15.8 Å². The number of rotatable bonds is 3. The lowest BCUT2D eigenvalue weighted by Crippen LogP contribution is -2.47. The third-order valence-electron chi connectivity index (χ3n) is 5.13. The number of hydrogen-bond donors (Lipinski definition) is 1. The second-order valence-corrected chi connectivity index (χ2v) is 7.43. The molecule has 5 nitrogen and oxygen atoms in total. The predicted octanol–water partition coefficient (Wildman–Crippen LogP) is 2.88. The van der Waals surface area contributed by atoms with Gasteiger partial charge in [-0.2, -0.15) is 15.8 Å². The van der Waals surface area contributed by atoms with Crippen LogP contribution in [0.5, 0.6) is 0 Å². The van der Waals surface area contributed by atoms with Crippen molar-refractivity contribution in [2.24, 2.45) is 17.1 Å². The normalized spacial score (nSPS) is 25.3. The van der Waals surface area contributed by atoms with Crippen molar-refractivity contribution in [2.45, 2.75) is 19.3 Å². The molecule has 6 heteroatoms. The van der Waals surface area contributed by atoms with Crippen LogP contribution in [-0.4, -0.2) is 24.5 Å². The molecule has 2 heterocycles. The molecule has 0 radical (unpaired) electrons. The maximum absolute atomic E-state index is 9.93. The molecule has 2 atom stereocenters.